The first-order valence-corrected chi connectivity index (χ1v) is 7.99. The van der Waals surface area contributed by atoms with Gasteiger partial charge in [0.25, 0.3) is 0 Å². The molecule has 0 aliphatic heterocycles. The molecule has 20 heavy (non-hydrogen) atoms. The number of nitrogens with zero attached hydrogens (tertiary/aromatic N) is 1. The molecule has 0 aromatic heterocycles. The molecule has 2 heteroatoms. The van der Waals surface area contributed by atoms with Gasteiger partial charge in [-0.25, -0.2) is 0 Å². The van der Waals surface area contributed by atoms with Gasteiger partial charge in [0.1, 0.15) is 0 Å². The van der Waals surface area contributed by atoms with Crippen molar-refractivity contribution in [3.8, 4) is 0 Å². The molecule has 1 aromatic carbocycles. The highest BCUT2D eigenvalue weighted by atomic mass is 15.1. The Morgan fingerprint density at radius 3 is 2.45 bits per heavy atom. The van der Waals surface area contributed by atoms with Gasteiger partial charge in [-0.3, -0.25) is 0 Å². The normalized spacial score (nSPS) is 18.0. The topological polar surface area (TPSA) is 15.3 Å². The summed E-state index contributed by atoms with van der Waals surface area (Å²) >= 11 is 0. The lowest BCUT2D eigenvalue weighted by Crippen LogP contribution is -2.43. The van der Waals surface area contributed by atoms with Gasteiger partial charge in [-0.15, -0.1) is 0 Å². The fraction of sp³-hybridized carbons (Fsp3) is 0.667. The Labute approximate surface area is 124 Å². The molecule has 2 nitrogen and oxygen atoms in total. The van der Waals surface area contributed by atoms with Gasteiger partial charge in [0.15, 0.2) is 0 Å². The number of hydrogen-bond acceptors (Lipinski definition) is 2. The Balaban J connectivity index is 2.13. The van der Waals surface area contributed by atoms with E-state index in [1.807, 2.05) is 0 Å². The minimum atomic E-state index is 0.457. The van der Waals surface area contributed by atoms with Crippen LogP contribution in [-0.2, 0) is 0 Å². The summed E-state index contributed by atoms with van der Waals surface area (Å²) in [6.45, 7) is 6.70. The van der Waals surface area contributed by atoms with E-state index in [0.717, 1.165) is 13.1 Å². The van der Waals surface area contributed by atoms with Crippen molar-refractivity contribution in [3.63, 3.8) is 0 Å². The molecular formula is C18H30N2. The second-order valence-corrected chi connectivity index (χ2v) is 6.74. The van der Waals surface area contributed by atoms with E-state index in [4.69, 9.17) is 0 Å². The third kappa shape index (κ3) is 3.54. The maximum atomic E-state index is 3.43. The summed E-state index contributed by atoms with van der Waals surface area (Å²) in [5.74, 6) is 0. The Hall–Kier alpha value is -1.02. The van der Waals surface area contributed by atoms with Crippen molar-refractivity contribution in [2.24, 2.45) is 5.41 Å². The van der Waals surface area contributed by atoms with Crippen LogP contribution >= 0.6 is 0 Å². The SMILES string of the molecule is CNCC1(CN(C)c2ccc(C)cc2C)CCCCC1. The second kappa shape index (κ2) is 6.62. The van der Waals surface area contributed by atoms with Crippen LogP contribution in [0.4, 0.5) is 5.69 Å². The minimum Gasteiger partial charge on any atom is -0.374 e. The van der Waals surface area contributed by atoms with E-state index < -0.39 is 0 Å². The average Bonchev–Trinajstić information content (AvgIpc) is 2.39. The fourth-order valence-corrected chi connectivity index (χ4v) is 3.89. The van der Waals surface area contributed by atoms with Crippen LogP contribution in [0.15, 0.2) is 18.2 Å². The number of aryl methyl sites for hydroxylation is 2. The lowest BCUT2D eigenvalue weighted by atomic mass is 9.73. The summed E-state index contributed by atoms with van der Waals surface area (Å²) in [6, 6.07) is 6.79. The molecule has 1 N–H and O–H groups in total. The van der Waals surface area contributed by atoms with Crippen molar-refractivity contribution < 1.29 is 0 Å². The molecule has 1 aromatic rings. The van der Waals surface area contributed by atoms with Crippen molar-refractivity contribution in [3.05, 3.63) is 29.3 Å². The minimum absolute atomic E-state index is 0.457. The Bertz CT molecular complexity index is 428. The van der Waals surface area contributed by atoms with Crippen molar-refractivity contribution >= 4 is 5.69 Å². The highest BCUT2D eigenvalue weighted by Crippen LogP contribution is 2.37. The van der Waals surface area contributed by atoms with E-state index in [2.05, 4.69) is 56.4 Å². The zero-order valence-electron chi connectivity index (χ0n) is 13.6. The third-order valence-corrected chi connectivity index (χ3v) is 4.80. The number of anilines is 1. The van der Waals surface area contributed by atoms with E-state index in [9.17, 15) is 0 Å². The first-order valence-electron chi connectivity index (χ1n) is 7.99. The predicted octanol–water partition coefficient (Wildman–Crippen LogP) is 3.91. The maximum absolute atomic E-state index is 3.43. The van der Waals surface area contributed by atoms with Crippen LogP contribution < -0.4 is 10.2 Å². The van der Waals surface area contributed by atoms with Gasteiger partial charge in [0, 0.05) is 31.2 Å². The summed E-state index contributed by atoms with van der Waals surface area (Å²) in [4.78, 5) is 2.47. The predicted molar refractivity (Wildman–Crippen MR) is 88.6 cm³/mol. The molecule has 0 heterocycles. The van der Waals surface area contributed by atoms with Crippen LogP contribution in [0, 0.1) is 19.3 Å². The summed E-state index contributed by atoms with van der Waals surface area (Å²) in [5.41, 5.74) is 4.58. The molecule has 112 valence electrons. The smallest absolute Gasteiger partial charge is 0.0393 e. The zero-order valence-corrected chi connectivity index (χ0v) is 13.6. The third-order valence-electron chi connectivity index (χ3n) is 4.80. The highest BCUT2D eigenvalue weighted by Gasteiger charge is 2.32. The summed E-state index contributed by atoms with van der Waals surface area (Å²) in [7, 11) is 4.34. The Morgan fingerprint density at radius 2 is 1.85 bits per heavy atom. The first-order chi connectivity index (χ1) is 9.56. The van der Waals surface area contributed by atoms with Gasteiger partial charge in [-0.05, 0) is 45.4 Å². The lowest BCUT2D eigenvalue weighted by molar-refractivity contribution is 0.193. The molecule has 0 spiro atoms. The molecule has 0 amide bonds. The van der Waals surface area contributed by atoms with Gasteiger partial charge in [0.2, 0.25) is 0 Å². The quantitative estimate of drug-likeness (QED) is 0.876. The Kier molecular flexibility index (Phi) is 5.09. The first kappa shape index (κ1) is 15.4. The largest absolute Gasteiger partial charge is 0.374 e. The lowest BCUT2D eigenvalue weighted by Gasteiger charge is -2.41. The van der Waals surface area contributed by atoms with E-state index in [1.165, 1.54) is 48.9 Å². The summed E-state index contributed by atoms with van der Waals surface area (Å²) < 4.78 is 0. The molecule has 0 unspecified atom stereocenters. The number of hydrogen-bond donors (Lipinski definition) is 1. The van der Waals surface area contributed by atoms with Crippen LogP contribution in [0.5, 0.6) is 0 Å². The maximum Gasteiger partial charge on any atom is 0.0393 e. The standard InChI is InChI=1S/C18H30N2/c1-15-8-9-17(16(2)12-15)20(4)14-18(13-19-3)10-6-5-7-11-18/h8-9,12,19H,5-7,10-11,13-14H2,1-4H3. The zero-order chi connectivity index (χ0) is 14.6. The van der Waals surface area contributed by atoms with E-state index in [-0.39, 0.29) is 0 Å². The highest BCUT2D eigenvalue weighted by molar-refractivity contribution is 5.54. The van der Waals surface area contributed by atoms with Crippen LogP contribution in [0.25, 0.3) is 0 Å². The molecule has 1 aliphatic carbocycles. The molecular weight excluding hydrogens is 244 g/mol. The van der Waals surface area contributed by atoms with E-state index >= 15 is 0 Å². The van der Waals surface area contributed by atoms with Crippen molar-refractivity contribution in [1.29, 1.82) is 0 Å². The molecule has 0 bridgehead atoms. The van der Waals surface area contributed by atoms with Gasteiger partial charge in [-0.1, -0.05) is 37.0 Å². The molecule has 1 aliphatic rings. The van der Waals surface area contributed by atoms with Crippen LogP contribution in [-0.4, -0.2) is 27.2 Å². The molecule has 0 atom stereocenters. The van der Waals surface area contributed by atoms with Crippen LogP contribution in [0.1, 0.15) is 43.2 Å². The van der Waals surface area contributed by atoms with Crippen LogP contribution in [0.3, 0.4) is 0 Å². The number of rotatable bonds is 5. The van der Waals surface area contributed by atoms with Gasteiger partial charge in [-0.2, -0.15) is 0 Å². The van der Waals surface area contributed by atoms with E-state index in [1.54, 1.807) is 0 Å². The fourth-order valence-electron chi connectivity index (χ4n) is 3.89. The molecule has 1 saturated carbocycles. The Morgan fingerprint density at radius 1 is 1.15 bits per heavy atom. The summed E-state index contributed by atoms with van der Waals surface area (Å²) in [6.07, 6.45) is 6.93. The molecule has 0 radical (unpaired) electrons. The molecule has 1 fully saturated rings. The number of nitrogens with one attached hydrogen (secondary N) is 1. The average molecular weight is 274 g/mol. The monoisotopic (exact) mass is 274 g/mol. The van der Waals surface area contributed by atoms with Gasteiger partial charge < -0.3 is 10.2 Å². The van der Waals surface area contributed by atoms with Gasteiger partial charge >= 0.3 is 0 Å². The van der Waals surface area contributed by atoms with Crippen LogP contribution in [0.2, 0.25) is 0 Å². The number of benzene rings is 1. The van der Waals surface area contributed by atoms with Crippen molar-refractivity contribution in [2.45, 2.75) is 46.0 Å². The van der Waals surface area contributed by atoms with Gasteiger partial charge in [0.05, 0.1) is 0 Å². The summed E-state index contributed by atoms with van der Waals surface area (Å²) in [5, 5.41) is 3.43. The van der Waals surface area contributed by atoms with E-state index in [0.29, 0.717) is 5.41 Å². The van der Waals surface area contributed by atoms with Crippen molar-refractivity contribution in [2.75, 3.05) is 32.1 Å². The molecule has 0 saturated heterocycles. The molecule has 2 rings (SSSR count). The second-order valence-electron chi connectivity index (χ2n) is 6.74. The van der Waals surface area contributed by atoms with Crippen molar-refractivity contribution in [1.82, 2.24) is 5.32 Å².